The Hall–Kier alpha value is -0.420. The van der Waals surface area contributed by atoms with Gasteiger partial charge in [0.1, 0.15) is 0 Å². The first-order valence-corrected chi connectivity index (χ1v) is 9.44. The van der Waals surface area contributed by atoms with Gasteiger partial charge >= 0.3 is 0 Å². The van der Waals surface area contributed by atoms with E-state index in [1.54, 1.807) is 19.1 Å². The molecule has 0 bridgehead atoms. The molecule has 1 aromatic heterocycles. The second-order valence-electron chi connectivity index (χ2n) is 4.14. The highest BCUT2D eigenvalue weighted by molar-refractivity contribution is 9.11. The zero-order valence-corrected chi connectivity index (χ0v) is 16.2. The molecule has 114 valence electrons. The molecule has 0 aliphatic carbocycles. The maximum absolute atomic E-state index is 12.4. The minimum atomic E-state index is -3.92. The lowest BCUT2D eigenvalue weighted by Gasteiger charge is -2.11. The Balaban J connectivity index is 2.47. The minimum absolute atomic E-state index is 0.218. The molecule has 21 heavy (non-hydrogen) atoms. The lowest BCUT2D eigenvalue weighted by Crippen LogP contribution is -2.16. The summed E-state index contributed by atoms with van der Waals surface area (Å²) in [4.78, 5) is 0. The number of aryl methyl sites for hydroxylation is 1. The van der Waals surface area contributed by atoms with Crippen molar-refractivity contribution < 1.29 is 13.5 Å². The van der Waals surface area contributed by atoms with Crippen LogP contribution in [-0.4, -0.2) is 23.7 Å². The molecule has 0 saturated carbocycles. The lowest BCUT2D eigenvalue weighted by atomic mass is 10.3. The number of nitrogens with one attached hydrogen (secondary N) is 2. The predicted octanol–water partition coefficient (Wildman–Crippen LogP) is 3.30. The highest BCUT2D eigenvalue weighted by atomic mass is 79.9. The van der Waals surface area contributed by atoms with E-state index < -0.39 is 16.6 Å². The van der Waals surface area contributed by atoms with Crippen LogP contribution in [0.25, 0.3) is 0 Å². The maximum Gasteiger partial charge on any atom is 0.281 e. The molecule has 1 aromatic carbocycles. The molecule has 0 saturated heterocycles. The van der Waals surface area contributed by atoms with Gasteiger partial charge in [-0.25, -0.2) is 0 Å². The quantitative estimate of drug-likeness (QED) is 0.596. The SMILES string of the molecule is Cc1[nH]nc(S(=O)(=O)Nc2c(Br)cc(Br)cc2Br)c1CO. The molecule has 2 rings (SSSR count). The van der Waals surface area contributed by atoms with Crippen molar-refractivity contribution in [1.29, 1.82) is 0 Å². The number of aromatic amines is 1. The Morgan fingerprint density at radius 3 is 2.38 bits per heavy atom. The number of nitrogens with zero attached hydrogens (tertiary/aromatic N) is 1. The van der Waals surface area contributed by atoms with Gasteiger partial charge in [-0.05, 0) is 50.9 Å². The summed E-state index contributed by atoms with van der Waals surface area (Å²) in [7, 11) is -3.92. The van der Waals surface area contributed by atoms with Crippen LogP contribution in [0.2, 0.25) is 0 Å². The first-order chi connectivity index (χ1) is 9.76. The number of benzene rings is 1. The molecule has 0 aliphatic rings. The summed E-state index contributed by atoms with van der Waals surface area (Å²) in [5.41, 5.74) is 1.10. The number of hydrogen-bond donors (Lipinski definition) is 3. The van der Waals surface area contributed by atoms with E-state index >= 15 is 0 Å². The third-order valence-electron chi connectivity index (χ3n) is 2.69. The van der Waals surface area contributed by atoms with Gasteiger partial charge in [-0.2, -0.15) is 13.5 Å². The number of anilines is 1. The van der Waals surface area contributed by atoms with E-state index in [1.807, 2.05) is 0 Å². The van der Waals surface area contributed by atoms with Crippen LogP contribution < -0.4 is 4.72 Å². The highest BCUT2D eigenvalue weighted by Gasteiger charge is 2.25. The van der Waals surface area contributed by atoms with Crippen molar-refractivity contribution in [1.82, 2.24) is 10.2 Å². The number of aliphatic hydroxyl groups excluding tert-OH is 1. The van der Waals surface area contributed by atoms with E-state index in [0.29, 0.717) is 20.3 Å². The molecule has 3 N–H and O–H groups in total. The summed E-state index contributed by atoms with van der Waals surface area (Å²) in [5, 5.41) is 15.4. The fraction of sp³-hybridized carbons (Fsp3) is 0.182. The van der Waals surface area contributed by atoms with Crippen LogP contribution in [0.4, 0.5) is 5.69 Å². The molecule has 0 aliphatic heterocycles. The molecule has 2 aromatic rings. The number of halogens is 3. The summed E-state index contributed by atoms with van der Waals surface area (Å²) in [5.74, 6) is 0. The monoisotopic (exact) mass is 501 g/mol. The van der Waals surface area contributed by atoms with Crippen LogP contribution in [-0.2, 0) is 16.6 Å². The number of aromatic nitrogens is 2. The number of sulfonamides is 1. The Bertz CT molecular complexity index is 766. The van der Waals surface area contributed by atoms with Gasteiger partial charge in [0.2, 0.25) is 5.03 Å². The number of H-pyrrole nitrogens is 1. The maximum atomic E-state index is 12.4. The topological polar surface area (TPSA) is 95.1 Å². The molecule has 0 spiro atoms. The molecule has 0 atom stereocenters. The van der Waals surface area contributed by atoms with Crippen molar-refractivity contribution in [3.05, 3.63) is 36.8 Å². The Morgan fingerprint density at radius 1 is 1.29 bits per heavy atom. The van der Waals surface area contributed by atoms with Crippen molar-refractivity contribution in [2.75, 3.05) is 4.72 Å². The Morgan fingerprint density at radius 2 is 1.86 bits per heavy atom. The molecular weight excluding hydrogens is 494 g/mol. The number of rotatable bonds is 4. The van der Waals surface area contributed by atoms with Gasteiger partial charge in [-0.3, -0.25) is 9.82 Å². The van der Waals surface area contributed by atoms with Crippen molar-refractivity contribution in [2.45, 2.75) is 18.6 Å². The fourth-order valence-corrected chi connectivity index (χ4v) is 5.67. The summed E-state index contributed by atoms with van der Waals surface area (Å²) in [6.07, 6.45) is 0. The molecular formula is C11H10Br3N3O3S. The van der Waals surface area contributed by atoms with Crippen molar-refractivity contribution in [3.63, 3.8) is 0 Å². The van der Waals surface area contributed by atoms with E-state index in [9.17, 15) is 13.5 Å². The van der Waals surface area contributed by atoms with E-state index in [0.717, 1.165) is 4.47 Å². The van der Waals surface area contributed by atoms with E-state index in [1.165, 1.54) is 0 Å². The average Bonchev–Trinajstić information content (AvgIpc) is 2.75. The van der Waals surface area contributed by atoms with Crippen molar-refractivity contribution in [2.24, 2.45) is 0 Å². The van der Waals surface area contributed by atoms with Crippen LogP contribution in [0.1, 0.15) is 11.3 Å². The third-order valence-corrected chi connectivity index (χ3v) is 5.72. The van der Waals surface area contributed by atoms with Crippen molar-refractivity contribution >= 4 is 63.5 Å². The van der Waals surface area contributed by atoms with Crippen LogP contribution >= 0.6 is 47.8 Å². The summed E-state index contributed by atoms with van der Waals surface area (Å²) < 4.78 is 29.2. The highest BCUT2D eigenvalue weighted by Crippen LogP contribution is 2.35. The van der Waals surface area contributed by atoms with Crippen LogP contribution in [0, 0.1) is 6.92 Å². The van der Waals surface area contributed by atoms with Crippen LogP contribution in [0.3, 0.4) is 0 Å². The van der Waals surface area contributed by atoms with Gasteiger partial charge in [0, 0.05) is 24.7 Å². The summed E-state index contributed by atoms with van der Waals surface area (Å²) in [6, 6.07) is 3.43. The molecule has 0 amide bonds. The first kappa shape index (κ1) is 16.9. The summed E-state index contributed by atoms with van der Waals surface area (Å²) in [6.45, 7) is 1.23. The van der Waals surface area contributed by atoms with Crippen LogP contribution in [0.5, 0.6) is 0 Å². The van der Waals surface area contributed by atoms with E-state index in [4.69, 9.17) is 0 Å². The molecule has 0 fully saturated rings. The number of hydrogen-bond acceptors (Lipinski definition) is 4. The second kappa shape index (κ2) is 6.37. The van der Waals surface area contributed by atoms with Gasteiger partial charge < -0.3 is 5.11 Å². The van der Waals surface area contributed by atoms with Gasteiger partial charge in [0.15, 0.2) is 0 Å². The zero-order chi connectivity index (χ0) is 15.8. The Kier molecular flexibility index (Phi) is 5.14. The standard InChI is InChI=1S/C11H10Br3N3O3S/c1-5-7(4-18)11(16-15-5)21(19,20)17-10-8(13)2-6(12)3-9(10)14/h2-3,17-18H,4H2,1H3,(H,15,16). The second-order valence-corrected chi connectivity index (χ2v) is 8.36. The average molecular weight is 504 g/mol. The van der Waals surface area contributed by atoms with Gasteiger partial charge in [0.25, 0.3) is 10.0 Å². The predicted molar refractivity (Wildman–Crippen MR) is 89.6 cm³/mol. The Labute approximate surface area is 146 Å². The lowest BCUT2D eigenvalue weighted by molar-refractivity contribution is 0.277. The fourth-order valence-electron chi connectivity index (χ4n) is 1.66. The van der Waals surface area contributed by atoms with E-state index in [2.05, 4.69) is 62.7 Å². The third kappa shape index (κ3) is 3.50. The first-order valence-electron chi connectivity index (χ1n) is 5.58. The zero-order valence-electron chi connectivity index (χ0n) is 10.6. The van der Waals surface area contributed by atoms with Gasteiger partial charge in [-0.1, -0.05) is 15.9 Å². The molecule has 0 unspecified atom stereocenters. The minimum Gasteiger partial charge on any atom is -0.392 e. The van der Waals surface area contributed by atoms with Crippen LogP contribution in [0.15, 0.2) is 30.6 Å². The molecule has 10 heteroatoms. The van der Waals surface area contributed by atoms with Gasteiger partial charge in [0.05, 0.1) is 12.3 Å². The molecule has 0 radical (unpaired) electrons. The summed E-state index contributed by atoms with van der Waals surface area (Å²) >= 11 is 9.91. The normalized spacial score (nSPS) is 11.7. The smallest absolute Gasteiger partial charge is 0.281 e. The molecule has 6 nitrogen and oxygen atoms in total. The number of aliphatic hydroxyl groups is 1. The van der Waals surface area contributed by atoms with Gasteiger partial charge in [-0.15, -0.1) is 0 Å². The largest absolute Gasteiger partial charge is 0.392 e. The van der Waals surface area contributed by atoms with E-state index in [-0.39, 0.29) is 10.6 Å². The molecule has 1 heterocycles. The van der Waals surface area contributed by atoms with Crippen molar-refractivity contribution in [3.8, 4) is 0 Å².